The van der Waals surface area contributed by atoms with E-state index in [-0.39, 0.29) is 0 Å². The molecule has 0 unspecified atom stereocenters. The Labute approximate surface area is 158 Å². The van der Waals surface area contributed by atoms with Crippen LogP contribution in [0.25, 0.3) is 26.6 Å². The summed E-state index contributed by atoms with van der Waals surface area (Å²) in [5.74, 6) is 1.26. The molecule has 0 fully saturated rings. The number of nitrogens with one attached hydrogen (secondary N) is 1. The van der Waals surface area contributed by atoms with Gasteiger partial charge in [0.25, 0.3) is 0 Å². The van der Waals surface area contributed by atoms with Crippen LogP contribution < -0.4 is 5.32 Å². The van der Waals surface area contributed by atoms with E-state index in [1.54, 1.807) is 47.0 Å². The molecule has 4 heterocycles. The van der Waals surface area contributed by atoms with Gasteiger partial charge < -0.3 is 5.32 Å². The number of hydrogen-bond donors (Lipinski definition) is 1. The Morgan fingerprint density at radius 1 is 0.926 bits per heavy atom. The number of fused-ring (bicyclic) bond motifs is 1. The lowest BCUT2D eigenvalue weighted by Gasteiger charge is -2.03. The van der Waals surface area contributed by atoms with Crippen LogP contribution in [-0.4, -0.2) is 29.7 Å². The molecule has 27 heavy (non-hydrogen) atoms. The average Bonchev–Trinajstić information content (AvgIpc) is 3.37. The van der Waals surface area contributed by atoms with Gasteiger partial charge in [-0.1, -0.05) is 30.3 Å². The largest absolute Gasteiger partial charge is 0.337 e. The molecule has 0 spiro atoms. The van der Waals surface area contributed by atoms with Gasteiger partial charge in [-0.15, -0.1) is 11.3 Å². The van der Waals surface area contributed by atoms with Gasteiger partial charge in [0.05, 0.1) is 23.5 Å². The molecule has 0 saturated heterocycles. The fourth-order valence-corrected chi connectivity index (χ4v) is 3.75. The first-order valence-electron chi connectivity index (χ1n) is 8.26. The molecule has 0 aliphatic carbocycles. The average molecular weight is 371 g/mol. The summed E-state index contributed by atoms with van der Waals surface area (Å²) in [5.41, 5.74) is 1.97. The number of aromatic nitrogens is 6. The van der Waals surface area contributed by atoms with E-state index in [2.05, 4.69) is 48.6 Å². The number of nitrogens with zero attached hydrogens (tertiary/aromatic N) is 6. The summed E-state index contributed by atoms with van der Waals surface area (Å²) < 4.78 is 1.61. The molecule has 1 aromatic carbocycles. The third-order valence-electron chi connectivity index (χ3n) is 3.99. The van der Waals surface area contributed by atoms with Crippen molar-refractivity contribution in [2.24, 2.45) is 0 Å². The Morgan fingerprint density at radius 2 is 1.78 bits per heavy atom. The minimum Gasteiger partial charge on any atom is -0.337 e. The van der Waals surface area contributed by atoms with Crippen molar-refractivity contribution in [2.75, 3.05) is 5.32 Å². The molecular formula is C19H13N7S. The molecule has 8 heteroatoms. The van der Waals surface area contributed by atoms with E-state index in [9.17, 15) is 0 Å². The Morgan fingerprint density at radius 3 is 2.63 bits per heavy atom. The number of benzene rings is 1. The lowest BCUT2D eigenvalue weighted by atomic mass is 10.2. The molecule has 0 saturated carbocycles. The van der Waals surface area contributed by atoms with Crippen molar-refractivity contribution in [2.45, 2.75) is 0 Å². The van der Waals surface area contributed by atoms with E-state index in [1.165, 1.54) is 5.56 Å². The zero-order valence-corrected chi connectivity index (χ0v) is 14.8. The van der Waals surface area contributed by atoms with Crippen molar-refractivity contribution in [3.63, 3.8) is 0 Å². The lowest BCUT2D eigenvalue weighted by molar-refractivity contribution is 0.808. The zero-order valence-electron chi connectivity index (χ0n) is 14.0. The molecule has 0 amide bonds. The van der Waals surface area contributed by atoms with Crippen LogP contribution in [0.4, 0.5) is 11.5 Å². The van der Waals surface area contributed by atoms with E-state index >= 15 is 0 Å². The van der Waals surface area contributed by atoms with Crippen LogP contribution in [0.15, 0.2) is 73.6 Å². The molecular weight excluding hydrogens is 358 g/mol. The molecule has 7 nitrogen and oxygen atoms in total. The molecule has 0 aliphatic rings. The SMILES string of the molecule is c1ccc(-c2cc3c(Nc4cnn(-c5ncccn5)c4)ncnc3s2)cc1. The summed E-state index contributed by atoms with van der Waals surface area (Å²) in [5, 5.41) is 8.60. The van der Waals surface area contributed by atoms with E-state index < -0.39 is 0 Å². The van der Waals surface area contributed by atoms with E-state index in [4.69, 9.17) is 0 Å². The van der Waals surface area contributed by atoms with Crippen LogP contribution in [0.3, 0.4) is 0 Å². The van der Waals surface area contributed by atoms with Crippen molar-refractivity contribution in [3.05, 3.63) is 73.6 Å². The fraction of sp³-hybridized carbons (Fsp3) is 0. The van der Waals surface area contributed by atoms with Gasteiger partial charge in [-0.2, -0.15) is 5.10 Å². The van der Waals surface area contributed by atoms with Crippen molar-refractivity contribution in [1.82, 2.24) is 29.7 Å². The highest BCUT2D eigenvalue weighted by Gasteiger charge is 2.11. The monoisotopic (exact) mass is 371 g/mol. The number of rotatable bonds is 4. The highest BCUT2D eigenvalue weighted by atomic mass is 32.1. The van der Waals surface area contributed by atoms with Crippen molar-refractivity contribution >= 4 is 33.1 Å². The molecule has 130 valence electrons. The van der Waals surface area contributed by atoms with Gasteiger partial charge in [-0.25, -0.2) is 24.6 Å². The van der Waals surface area contributed by atoms with E-state index in [1.807, 2.05) is 24.4 Å². The quantitative estimate of drug-likeness (QED) is 0.513. The van der Waals surface area contributed by atoms with Crippen LogP contribution in [0, 0.1) is 0 Å². The second-order valence-corrected chi connectivity index (χ2v) is 6.80. The van der Waals surface area contributed by atoms with Crippen LogP contribution >= 0.6 is 11.3 Å². The van der Waals surface area contributed by atoms with Crippen LogP contribution in [-0.2, 0) is 0 Å². The third-order valence-corrected chi connectivity index (χ3v) is 5.08. The van der Waals surface area contributed by atoms with Gasteiger partial charge in [0, 0.05) is 17.3 Å². The molecule has 0 atom stereocenters. The summed E-state index contributed by atoms with van der Waals surface area (Å²) in [6.07, 6.45) is 8.48. The van der Waals surface area contributed by atoms with Gasteiger partial charge in [-0.3, -0.25) is 0 Å². The zero-order chi connectivity index (χ0) is 18.1. The van der Waals surface area contributed by atoms with Crippen molar-refractivity contribution in [3.8, 4) is 16.4 Å². The Hall–Kier alpha value is -3.65. The summed E-state index contributed by atoms with van der Waals surface area (Å²) in [6.45, 7) is 0. The predicted octanol–water partition coefficient (Wildman–Crippen LogP) is 4.08. The normalized spacial score (nSPS) is 11.0. The molecule has 1 N–H and O–H groups in total. The first-order chi connectivity index (χ1) is 13.4. The van der Waals surface area contributed by atoms with Crippen LogP contribution in [0.2, 0.25) is 0 Å². The summed E-state index contributed by atoms with van der Waals surface area (Å²) in [4.78, 5) is 19.3. The van der Waals surface area contributed by atoms with Gasteiger partial charge in [-0.05, 0) is 17.7 Å². The van der Waals surface area contributed by atoms with Gasteiger partial charge in [0.1, 0.15) is 17.0 Å². The molecule has 0 radical (unpaired) electrons. The molecule has 5 rings (SSSR count). The first kappa shape index (κ1) is 15.6. The highest BCUT2D eigenvalue weighted by molar-refractivity contribution is 7.21. The predicted molar refractivity (Wildman–Crippen MR) is 105 cm³/mol. The lowest BCUT2D eigenvalue weighted by Crippen LogP contribution is -1.99. The molecule has 0 bridgehead atoms. The fourth-order valence-electron chi connectivity index (χ4n) is 2.74. The third kappa shape index (κ3) is 3.02. The number of anilines is 2. The van der Waals surface area contributed by atoms with Crippen molar-refractivity contribution < 1.29 is 0 Å². The summed E-state index contributed by atoms with van der Waals surface area (Å²) >= 11 is 1.65. The molecule has 4 aromatic heterocycles. The standard InChI is InChI=1S/C19H13N7S/c1-2-5-13(6-3-1)16-9-15-17(22-12-23-18(15)27-16)25-14-10-24-26(11-14)19-20-7-4-8-21-19/h1-12H,(H,22,23,25). The van der Waals surface area contributed by atoms with Crippen molar-refractivity contribution in [1.29, 1.82) is 0 Å². The number of hydrogen-bond acceptors (Lipinski definition) is 7. The topological polar surface area (TPSA) is 81.4 Å². The smallest absolute Gasteiger partial charge is 0.250 e. The number of thiophene rings is 1. The Bertz CT molecular complexity index is 1200. The molecule has 0 aliphatic heterocycles. The maximum absolute atomic E-state index is 4.41. The van der Waals surface area contributed by atoms with Gasteiger partial charge in [0.15, 0.2) is 0 Å². The maximum Gasteiger partial charge on any atom is 0.250 e. The van der Waals surface area contributed by atoms with Gasteiger partial charge in [0.2, 0.25) is 5.95 Å². The first-order valence-corrected chi connectivity index (χ1v) is 9.07. The van der Waals surface area contributed by atoms with Crippen LogP contribution in [0.1, 0.15) is 0 Å². The Balaban J connectivity index is 1.49. The Kier molecular flexibility index (Phi) is 3.80. The minimum atomic E-state index is 0.514. The second kappa shape index (κ2) is 6.58. The highest BCUT2D eigenvalue weighted by Crippen LogP contribution is 2.35. The second-order valence-electron chi connectivity index (χ2n) is 5.77. The van der Waals surface area contributed by atoms with E-state index in [0.29, 0.717) is 5.95 Å². The van der Waals surface area contributed by atoms with Crippen LogP contribution in [0.5, 0.6) is 0 Å². The maximum atomic E-state index is 4.41. The summed E-state index contributed by atoms with van der Waals surface area (Å²) in [7, 11) is 0. The van der Waals surface area contributed by atoms with Gasteiger partial charge >= 0.3 is 0 Å². The van der Waals surface area contributed by atoms with E-state index in [0.717, 1.165) is 26.6 Å². The minimum absolute atomic E-state index is 0.514. The summed E-state index contributed by atoms with van der Waals surface area (Å²) in [6, 6.07) is 14.1. The molecule has 5 aromatic rings.